The van der Waals surface area contributed by atoms with Gasteiger partial charge < -0.3 is 5.32 Å². The van der Waals surface area contributed by atoms with Crippen LogP contribution in [0, 0.1) is 0 Å². The zero-order valence-electron chi connectivity index (χ0n) is 14.2. The first kappa shape index (κ1) is 16.4. The molecule has 2 aromatic carbocycles. The van der Waals surface area contributed by atoms with Crippen LogP contribution in [0.4, 0.5) is 0 Å². The van der Waals surface area contributed by atoms with Gasteiger partial charge in [-0.05, 0) is 24.3 Å². The van der Waals surface area contributed by atoms with Gasteiger partial charge in [-0.15, -0.1) is 16.4 Å². The molecule has 0 bridgehead atoms. The van der Waals surface area contributed by atoms with Gasteiger partial charge in [0.05, 0.1) is 27.1 Å². The lowest BCUT2D eigenvalue weighted by Crippen LogP contribution is -2.27. The zero-order chi connectivity index (χ0) is 17.9. The van der Waals surface area contributed by atoms with Crippen LogP contribution in [0.5, 0.6) is 0 Å². The SMILES string of the molecule is CC(CNC(=O)c1cn(-c2ccccc2)nn1)c1nc2ccccc2s1. The number of amides is 1. The fourth-order valence-electron chi connectivity index (χ4n) is 2.60. The summed E-state index contributed by atoms with van der Waals surface area (Å²) in [6.07, 6.45) is 1.63. The molecule has 1 N–H and O–H groups in total. The Balaban J connectivity index is 1.41. The van der Waals surface area contributed by atoms with E-state index in [4.69, 9.17) is 0 Å². The van der Waals surface area contributed by atoms with Crippen molar-refractivity contribution in [2.24, 2.45) is 0 Å². The van der Waals surface area contributed by atoms with Crippen molar-refractivity contribution < 1.29 is 4.79 Å². The summed E-state index contributed by atoms with van der Waals surface area (Å²) in [6.45, 7) is 2.55. The topological polar surface area (TPSA) is 72.7 Å². The highest BCUT2D eigenvalue weighted by Crippen LogP contribution is 2.26. The molecule has 4 rings (SSSR count). The second kappa shape index (κ2) is 7.05. The Bertz CT molecular complexity index is 1010. The first-order valence-corrected chi connectivity index (χ1v) is 9.14. The van der Waals surface area contributed by atoms with Crippen molar-refractivity contribution in [3.63, 3.8) is 0 Å². The number of hydrogen-bond donors (Lipinski definition) is 1. The van der Waals surface area contributed by atoms with Gasteiger partial charge in [0.2, 0.25) is 0 Å². The minimum absolute atomic E-state index is 0.125. The molecule has 1 amide bonds. The highest BCUT2D eigenvalue weighted by molar-refractivity contribution is 7.18. The normalized spacial score (nSPS) is 12.2. The summed E-state index contributed by atoms with van der Waals surface area (Å²) in [5, 5.41) is 11.9. The molecule has 0 fully saturated rings. The molecule has 2 heterocycles. The molecular weight excluding hydrogens is 346 g/mol. The molecule has 0 aliphatic rings. The Labute approximate surface area is 154 Å². The molecule has 1 atom stereocenters. The number of carbonyl (C=O) groups excluding carboxylic acids is 1. The van der Waals surface area contributed by atoms with Crippen molar-refractivity contribution in [1.29, 1.82) is 0 Å². The molecule has 6 nitrogen and oxygen atoms in total. The summed E-state index contributed by atoms with van der Waals surface area (Å²) >= 11 is 1.66. The van der Waals surface area contributed by atoms with E-state index in [0.29, 0.717) is 12.2 Å². The van der Waals surface area contributed by atoms with Crippen LogP contribution in [-0.4, -0.2) is 32.4 Å². The first-order valence-electron chi connectivity index (χ1n) is 8.32. The number of aromatic nitrogens is 4. The summed E-state index contributed by atoms with van der Waals surface area (Å²) in [4.78, 5) is 17.0. The molecule has 1 unspecified atom stereocenters. The van der Waals surface area contributed by atoms with E-state index in [1.807, 2.05) is 48.5 Å². The standard InChI is InChI=1S/C19H17N5OS/c1-13(19-21-15-9-5-6-10-17(15)26-19)11-20-18(25)16-12-24(23-22-16)14-7-3-2-4-8-14/h2-10,12-13H,11H2,1H3,(H,20,25). The Morgan fingerprint density at radius 3 is 2.73 bits per heavy atom. The van der Waals surface area contributed by atoms with Gasteiger partial charge in [-0.3, -0.25) is 4.79 Å². The number of benzene rings is 2. The molecule has 130 valence electrons. The Kier molecular flexibility index (Phi) is 4.45. The number of rotatable bonds is 5. The van der Waals surface area contributed by atoms with Crippen LogP contribution in [-0.2, 0) is 0 Å². The Morgan fingerprint density at radius 2 is 1.92 bits per heavy atom. The molecule has 26 heavy (non-hydrogen) atoms. The largest absolute Gasteiger partial charge is 0.350 e. The van der Waals surface area contributed by atoms with Gasteiger partial charge >= 0.3 is 0 Å². The van der Waals surface area contributed by atoms with Crippen molar-refractivity contribution in [3.05, 3.63) is 71.5 Å². The average molecular weight is 363 g/mol. The summed E-state index contributed by atoms with van der Waals surface area (Å²) in [5.74, 6) is -0.110. The lowest BCUT2D eigenvalue weighted by Gasteiger charge is -2.08. The van der Waals surface area contributed by atoms with E-state index in [1.165, 1.54) is 0 Å². The lowest BCUT2D eigenvalue weighted by molar-refractivity contribution is 0.0946. The van der Waals surface area contributed by atoms with E-state index in [2.05, 4.69) is 33.6 Å². The maximum absolute atomic E-state index is 12.4. The van der Waals surface area contributed by atoms with Crippen molar-refractivity contribution in [2.75, 3.05) is 6.54 Å². The van der Waals surface area contributed by atoms with Gasteiger partial charge in [-0.25, -0.2) is 9.67 Å². The molecule has 0 saturated carbocycles. The smallest absolute Gasteiger partial charge is 0.273 e. The van der Waals surface area contributed by atoms with Crippen LogP contribution in [0.3, 0.4) is 0 Å². The predicted octanol–water partition coefficient (Wildman–Crippen LogP) is 3.41. The highest BCUT2D eigenvalue weighted by Gasteiger charge is 2.15. The number of carbonyl (C=O) groups is 1. The van der Waals surface area contributed by atoms with Crippen LogP contribution in [0.25, 0.3) is 15.9 Å². The van der Waals surface area contributed by atoms with Crippen molar-refractivity contribution in [3.8, 4) is 5.69 Å². The summed E-state index contributed by atoms with van der Waals surface area (Å²) in [5.41, 5.74) is 2.16. The van der Waals surface area contributed by atoms with Gasteiger partial charge in [-0.2, -0.15) is 0 Å². The lowest BCUT2D eigenvalue weighted by atomic mass is 10.2. The number of nitrogens with zero attached hydrogens (tertiary/aromatic N) is 4. The molecule has 0 aliphatic carbocycles. The number of para-hydroxylation sites is 2. The molecule has 0 aliphatic heterocycles. The molecular formula is C19H17N5OS. The van der Waals surface area contributed by atoms with Crippen molar-refractivity contribution in [2.45, 2.75) is 12.8 Å². The maximum atomic E-state index is 12.4. The van der Waals surface area contributed by atoms with Gasteiger partial charge in [0.1, 0.15) is 0 Å². The third-order valence-electron chi connectivity index (χ3n) is 4.05. The molecule has 0 saturated heterocycles. The predicted molar refractivity (Wildman–Crippen MR) is 102 cm³/mol. The van der Waals surface area contributed by atoms with E-state index in [1.54, 1.807) is 22.2 Å². The summed E-state index contributed by atoms with van der Waals surface area (Å²) in [7, 11) is 0. The Hall–Kier alpha value is -3.06. The minimum atomic E-state index is -0.236. The monoisotopic (exact) mass is 363 g/mol. The quantitative estimate of drug-likeness (QED) is 0.590. The molecule has 0 spiro atoms. The highest BCUT2D eigenvalue weighted by atomic mass is 32.1. The summed E-state index contributed by atoms with van der Waals surface area (Å²) < 4.78 is 2.75. The number of fused-ring (bicyclic) bond motifs is 1. The van der Waals surface area contributed by atoms with E-state index < -0.39 is 0 Å². The van der Waals surface area contributed by atoms with Gasteiger partial charge in [0.15, 0.2) is 5.69 Å². The minimum Gasteiger partial charge on any atom is -0.350 e. The molecule has 4 aromatic rings. The third kappa shape index (κ3) is 3.34. The average Bonchev–Trinajstić information content (AvgIpc) is 3.33. The van der Waals surface area contributed by atoms with Crippen molar-refractivity contribution >= 4 is 27.5 Å². The van der Waals surface area contributed by atoms with Gasteiger partial charge in [-0.1, -0.05) is 42.5 Å². The van der Waals surface area contributed by atoms with Crippen LogP contribution in [0.15, 0.2) is 60.8 Å². The second-order valence-corrected chi connectivity index (χ2v) is 7.08. The summed E-state index contributed by atoms with van der Waals surface area (Å²) in [6, 6.07) is 17.6. The Morgan fingerprint density at radius 1 is 1.15 bits per heavy atom. The van der Waals surface area contributed by atoms with Gasteiger partial charge in [0, 0.05) is 12.5 Å². The number of hydrogen-bond acceptors (Lipinski definition) is 5. The molecule has 0 radical (unpaired) electrons. The maximum Gasteiger partial charge on any atom is 0.273 e. The van der Waals surface area contributed by atoms with Crippen molar-refractivity contribution in [1.82, 2.24) is 25.3 Å². The number of thiazole rings is 1. The zero-order valence-corrected chi connectivity index (χ0v) is 15.0. The molecule has 2 aromatic heterocycles. The van der Waals surface area contributed by atoms with Crippen LogP contribution in [0.1, 0.15) is 28.3 Å². The molecule has 7 heteroatoms. The van der Waals surface area contributed by atoms with Crippen LogP contribution >= 0.6 is 11.3 Å². The van der Waals surface area contributed by atoms with Crippen LogP contribution in [0.2, 0.25) is 0 Å². The third-order valence-corrected chi connectivity index (χ3v) is 5.32. The van der Waals surface area contributed by atoms with E-state index in [0.717, 1.165) is 20.9 Å². The van der Waals surface area contributed by atoms with Gasteiger partial charge in [0.25, 0.3) is 5.91 Å². The fraction of sp³-hybridized carbons (Fsp3) is 0.158. The second-order valence-electron chi connectivity index (χ2n) is 6.01. The van der Waals surface area contributed by atoms with E-state index >= 15 is 0 Å². The fourth-order valence-corrected chi connectivity index (χ4v) is 3.62. The van der Waals surface area contributed by atoms with E-state index in [9.17, 15) is 4.79 Å². The number of nitrogens with one attached hydrogen (secondary N) is 1. The van der Waals surface area contributed by atoms with Crippen LogP contribution < -0.4 is 5.32 Å². The van der Waals surface area contributed by atoms with E-state index in [-0.39, 0.29) is 11.8 Å². The first-order chi connectivity index (χ1) is 12.7.